The molecule has 3 heterocycles. The van der Waals surface area contributed by atoms with Crippen molar-refractivity contribution in [3.05, 3.63) is 63.3 Å². The highest BCUT2D eigenvalue weighted by molar-refractivity contribution is 5.92. The van der Waals surface area contributed by atoms with Gasteiger partial charge in [-0.2, -0.15) is 10.5 Å². The molecule has 39 heavy (non-hydrogen) atoms. The Morgan fingerprint density at radius 3 is 2.49 bits per heavy atom. The number of halogens is 1. The normalized spacial score (nSPS) is 20.9. The second-order valence-electron chi connectivity index (χ2n) is 10.7. The molecule has 2 aliphatic rings. The van der Waals surface area contributed by atoms with Gasteiger partial charge in [0.1, 0.15) is 34.7 Å². The number of pyridine rings is 2. The smallest absolute Gasteiger partial charge is 0.270 e. The first-order chi connectivity index (χ1) is 18.8. The van der Waals surface area contributed by atoms with Gasteiger partial charge < -0.3 is 19.1 Å². The molecular weight excluding hydrogens is 495 g/mol. The predicted octanol–water partition coefficient (Wildman–Crippen LogP) is 4.56. The summed E-state index contributed by atoms with van der Waals surface area (Å²) < 4.78 is 21.3. The number of benzene rings is 1. The third-order valence-electron chi connectivity index (χ3n) is 8.34. The van der Waals surface area contributed by atoms with Crippen LogP contribution < -0.4 is 15.4 Å². The van der Waals surface area contributed by atoms with Gasteiger partial charge in [0.15, 0.2) is 0 Å². The second kappa shape index (κ2) is 11.0. The van der Waals surface area contributed by atoms with E-state index >= 15 is 0 Å². The molecule has 1 unspecified atom stereocenters. The number of fused-ring (bicyclic) bond motifs is 1. The van der Waals surface area contributed by atoms with Gasteiger partial charge in [0.2, 0.25) is 0 Å². The SMILES string of the molecule is Cc1cc(F)ccc1N(CC1CCCO1)[C@H]1CC[C@H](N(C)c2c(C#N)c(=O)n(C)c3ccc(C#N)nc23)CC1. The number of aryl methyl sites for hydroxylation is 2. The van der Waals surface area contributed by atoms with Crippen LogP contribution in [0.2, 0.25) is 0 Å². The maximum absolute atomic E-state index is 13.9. The van der Waals surface area contributed by atoms with Crippen LogP contribution in [0.1, 0.15) is 55.3 Å². The minimum Gasteiger partial charge on any atom is -0.376 e. The van der Waals surface area contributed by atoms with Gasteiger partial charge in [-0.1, -0.05) is 0 Å². The largest absolute Gasteiger partial charge is 0.376 e. The molecule has 2 aromatic heterocycles. The zero-order valence-electron chi connectivity index (χ0n) is 22.7. The quantitative estimate of drug-likeness (QED) is 0.463. The molecule has 9 heteroatoms. The van der Waals surface area contributed by atoms with Crippen LogP contribution in [0.25, 0.3) is 11.0 Å². The fraction of sp³-hybridized carbons (Fsp3) is 0.467. The Hall–Kier alpha value is -3.95. The van der Waals surface area contributed by atoms with E-state index in [1.54, 1.807) is 25.2 Å². The molecule has 1 aliphatic carbocycles. The Bertz CT molecular complexity index is 1520. The summed E-state index contributed by atoms with van der Waals surface area (Å²) in [6.07, 6.45) is 5.76. The molecule has 0 spiro atoms. The van der Waals surface area contributed by atoms with E-state index in [-0.39, 0.29) is 40.8 Å². The maximum atomic E-state index is 13.9. The maximum Gasteiger partial charge on any atom is 0.270 e. The molecule has 2 fully saturated rings. The first-order valence-electron chi connectivity index (χ1n) is 13.5. The molecule has 1 saturated carbocycles. The van der Waals surface area contributed by atoms with Crippen LogP contribution >= 0.6 is 0 Å². The van der Waals surface area contributed by atoms with E-state index in [1.807, 2.05) is 24.9 Å². The minimum atomic E-state index is -0.374. The summed E-state index contributed by atoms with van der Waals surface area (Å²) in [4.78, 5) is 22.0. The van der Waals surface area contributed by atoms with Crippen molar-refractivity contribution in [2.75, 3.05) is 30.0 Å². The van der Waals surface area contributed by atoms with Crippen molar-refractivity contribution in [2.45, 2.75) is 63.6 Å². The molecule has 3 aromatic rings. The highest BCUT2D eigenvalue weighted by Crippen LogP contribution is 2.36. The van der Waals surface area contributed by atoms with E-state index in [0.717, 1.165) is 62.9 Å². The summed E-state index contributed by atoms with van der Waals surface area (Å²) in [6.45, 7) is 3.51. The number of nitrogens with zero attached hydrogens (tertiary/aromatic N) is 6. The molecule has 1 saturated heterocycles. The molecule has 1 atom stereocenters. The van der Waals surface area contributed by atoms with Crippen molar-refractivity contribution >= 4 is 22.4 Å². The Kier molecular flexibility index (Phi) is 7.54. The van der Waals surface area contributed by atoms with Crippen LogP contribution in [0, 0.1) is 35.4 Å². The van der Waals surface area contributed by atoms with Gasteiger partial charge in [0.05, 0.1) is 17.3 Å². The lowest BCUT2D eigenvalue weighted by atomic mass is 9.88. The Morgan fingerprint density at radius 2 is 1.85 bits per heavy atom. The monoisotopic (exact) mass is 528 g/mol. The zero-order valence-corrected chi connectivity index (χ0v) is 22.7. The highest BCUT2D eigenvalue weighted by Gasteiger charge is 2.33. The number of anilines is 2. The van der Waals surface area contributed by atoms with Gasteiger partial charge in [-0.05, 0) is 81.3 Å². The van der Waals surface area contributed by atoms with E-state index < -0.39 is 0 Å². The van der Waals surface area contributed by atoms with Crippen molar-refractivity contribution in [3.8, 4) is 12.1 Å². The van der Waals surface area contributed by atoms with Crippen LogP contribution in [0.15, 0.2) is 35.1 Å². The van der Waals surface area contributed by atoms with Gasteiger partial charge in [-0.25, -0.2) is 9.37 Å². The molecule has 202 valence electrons. The standard InChI is InChI=1S/C30H33FN6O2/c1-19-15-20(31)6-12-26(19)37(18-24-5-4-14-39-24)23-10-8-22(9-11-23)35(2)29-25(17-33)30(38)36(3)27-13-7-21(16-32)34-28(27)29/h6-7,12-13,15,22-24H,4-5,8-11,14,18H2,1-3H3/t22-,23-,24?. The van der Waals surface area contributed by atoms with Crippen LogP contribution in [-0.2, 0) is 11.8 Å². The number of nitriles is 2. The molecule has 0 N–H and O–H groups in total. The zero-order chi connectivity index (χ0) is 27.7. The van der Waals surface area contributed by atoms with Crippen molar-refractivity contribution < 1.29 is 9.13 Å². The molecular formula is C30H33FN6O2. The summed E-state index contributed by atoms with van der Waals surface area (Å²) in [5.41, 5.74) is 3.42. The van der Waals surface area contributed by atoms with Crippen LogP contribution in [0.4, 0.5) is 15.8 Å². The van der Waals surface area contributed by atoms with E-state index in [9.17, 15) is 19.7 Å². The summed E-state index contributed by atoms with van der Waals surface area (Å²) in [7, 11) is 3.53. The summed E-state index contributed by atoms with van der Waals surface area (Å²) in [5, 5.41) is 19.4. The topological polar surface area (TPSA) is 98.2 Å². The fourth-order valence-corrected chi connectivity index (χ4v) is 6.23. The fourth-order valence-electron chi connectivity index (χ4n) is 6.23. The lowest BCUT2D eigenvalue weighted by molar-refractivity contribution is 0.112. The first kappa shape index (κ1) is 26.6. The van der Waals surface area contributed by atoms with E-state index in [4.69, 9.17) is 4.74 Å². The van der Waals surface area contributed by atoms with Gasteiger partial charge in [0.25, 0.3) is 5.56 Å². The van der Waals surface area contributed by atoms with Crippen molar-refractivity contribution in [1.29, 1.82) is 10.5 Å². The van der Waals surface area contributed by atoms with Gasteiger partial charge >= 0.3 is 0 Å². The Labute approximate surface area is 227 Å². The molecule has 1 aliphatic heterocycles. The van der Waals surface area contributed by atoms with Gasteiger partial charge in [-0.3, -0.25) is 4.79 Å². The molecule has 0 bridgehead atoms. The van der Waals surface area contributed by atoms with Crippen molar-refractivity contribution in [1.82, 2.24) is 9.55 Å². The average Bonchev–Trinajstić information content (AvgIpc) is 3.46. The number of hydrogen-bond donors (Lipinski definition) is 0. The van der Waals surface area contributed by atoms with Crippen LogP contribution in [0.5, 0.6) is 0 Å². The van der Waals surface area contributed by atoms with Crippen LogP contribution in [-0.4, -0.2) is 47.9 Å². The molecule has 0 amide bonds. The average molecular weight is 529 g/mol. The van der Waals surface area contributed by atoms with E-state index in [1.165, 1.54) is 10.6 Å². The molecule has 1 aromatic carbocycles. The molecule has 0 radical (unpaired) electrons. The lowest BCUT2D eigenvalue weighted by Crippen LogP contribution is -2.46. The minimum absolute atomic E-state index is 0.0409. The van der Waals surface area contributed by atoms with Gasteiger partial charge in [-0.15, -0.1) is 0 Å². The number of rotatable bonds is 6. The number of ether oxygens (including phenoxy) is 1. The van der Waals surface area contributed by atoms with E-state index in [2.05, 4.69) is 22.0 Å². The molecule has 5 rings (SSSR count). The Balaban J connectivity index is 1.43. The summed E-state index contributed by atoms with van der Waals surface area (Å²) in [5.74, 6) is -0.235. The predicted molar refractivity (Wildman–Crippen MR) is 148 cm³/mol. The lowest BCUT2D eigenvalue weighted by Gasteiger charge is -2.42. The number of hydrogen-bond acceptors (Lipinski definition) is 7. The number of aromatic nitrogens is 2. The summed E-state index contributed by atoms with van der Waals surface area (Å²) >= 11 is 0. The highest BCUT2D eigenvalue weighted by atomic mass is 19.1. The van der Waals surface area contributed by atoms with Crippen molar-refractivity contribution in [2.24, 2.45) is 7.05 Å². The Morgan fingerprint density at radius 1 is 1.10 bits per heavy atom. The first-order valence-corrected chi connectivity index (χ1v) is 13.5. The van der Waals surface area contributed by atoms with Crippen LogP contribution in [0.3, 0.4) is 0 Å². The van der Waals surface area contributed by atoms with Crippen molar-refractivity contribution in [3.63, 3.8) is 0 Å². The third kappa shape index (κ3) is 5.07. The molecule has 8 nitrogen and oxygen atoms in total. The van der Waals surface area contributed by atoms with Gasteiger partial charge in [0, 0.05) is 45.0 Å². The van der Waals surface area contributed by atoms with E-state index in [0.29, 0.717) is 16.7 Å². The third-order valence-corrected chi connectivity index (χ3v) is 8.34. The second-order valence-corrected chi connectivity index (χ2v) is 10.7. The summed E-state index contributed by atoms with van der Waals surface area (Å²) in [6, 6.07) is 12.8.